The number of methoxy groups -OCH3 is 2. The monoisotopic (exact) mass is 327 g/mol. The minimum absolute atomic E-state index is 0.193. The van der Waals surface area contributed by atoms with E-state index in [-0.39, 0.29) is 6.04 Å². The van der Waals surface area contributed by atoms with Crippen LogP contribution >= 0.6 is 0 Å². The average Bonchev–Trinajstić information content (AvgIpc) is 3.07. The zero-order valence-corrected chi connectivity index (χ0v) is 13.8. The van der Waals surface area contributed by atoms with Crippen molar-refractivity contribution >= 4 is 11.7 Å². The normalized spacial score (nSPS) is 20.0. The molecule has 5 heteroatoms. The Morgan fingerprint density at radius 2 is 1.54 bits per heavy atom. The summed E-state index contributed by atoms with van der Waals surface area (Å²) in [6, 6.07) is 15.2. The van der Waals surface area contributed by atoms with Crippen molar-refractivity contribution in [2.45, 2.75) is 12.5 Å². The molecule has 1 fully saturated rings. The van der Waals surface area contributed by atoms with Gasteiger partial charge in [-0.05, 0) is 48.4 Å². The predicted molar refractivity (Wildman–Crippen MR) is 91.8 cm³/mol. The molecule has 0 aliphatic carbocycles. The lowest BCUT2D eigenvalue weighted by Crippen LogP contribution is -2.28. The van der Waals surface area contributed by atoms with Crippen LogP contribution in [0.3, 0.4) is 0 Å². The summed E-state index contributed by atoms with van der Waals surface area (Å²) in [6.07, 6.45) is 0.623. The highest BCUT2D eigenvalue weighted by molar-refractivity contribution is 5.74. The summed E-state index contributed by atoms with van der Waals surface area (Å²) in [5, 5.41) is 9.62. The third kappa shape index (κ3) is 3.02. The third-order valence-electron chi connectivity index (χ3n) is 4.58. The van der Waals surface area contributed by atoms with Crippen LogP contribution in [0.2, 0.25) is 0 Å². The molecular weight excluding hydrogens is 306 g/mol. The molecule has 2 atom stereocenters. The molecule has 0 saturated carbocycles. The van der Waals surface area contributed by atoms with Crippen LogP contribution < -0.4 is 14.4 Å². The number of ether oxygens (including phenoxy) is 2. The summed E-state index contributed by atoms with van der Waals surface area (Å²) in [4.78, 5) is 13.9. The number of rotatable bonds is 5. The maximum Gasteiger partial charge on any atom is 0.309 e. The molecule has 1 heterocycles. The van der Waals surface area contributed by atoms with E-state index in [1.807, 2.05) is 48.5 Å². The molecular formula is C19H21NO4. The molecule has 0 bridgehead atoms. The van der Waals surface area contributed by atoms with E-state index in [1.165, 1.54) is 0 Å². The molecule has 126 valence electrons. The molecule has 0 aromatic heterocycles. The lowest BCUT2D eigenvalue weighted by Gasteiger charge is -2.29. The third-order valence-corrected chi connectivity index (χ3v) is 4.58. The highest BCUT2D eigenvalue weighted by atomic mass is 16.5. The number of anilines is 1. The lowest BCUT2D eigenvalue weighted by molar-refractivity contribution is -0.141. The van der Waals surface area contributed by atoms with Crippen LogP contribution in [0.25, 0.3) is 0 Å². The molecule has 1 N–H and O–H groups in total. The first-order valence-corrected chi connectivity index (χ1v) is 7.91. The highest BCUT2D eigenvalue weighted by Gasteiger charge is 2.39. The lowest BCUT2D eigenvalue weighted by atomic mass is 9.93. The van der Waals surface area contributed by atoms with Gasteiger partial charge >= 0.3 is 5.97 Å². The quantitative estimate of drug-likeness (QED) is 0.912. The topological polar surface area (TPSA) is 59.0 Å². The van der Waals surface area contributed by atoms with E-state index < -0.39 is 11.9 Å². The first kappa shape index (κ1) is 16.2. The Morgan fingerprint density at radius 3 is 2.04 bits per heavy atom. The Bertz CT molecular complexity index is 696. The second-order valence-electron chi connectivity index (χ2n) is 5.84. The molecule has 24 heavy (non-hydrogen) atoms. The van der Waals surface area contributed by atoms with Gasteiger partial charge < -0.3 is 19.5 Å². The van der Waals surface area contributed by atoms with Crippen molar-refractivity contribution in [3.05, 3.63) is 54.1 Å². The van der Waals surface area contributed by atoms with E-state index in [0.29, 0.717) is 13.0 Å². The van der Waals surface area contributed by atoms with E-state index >= 15 is 0 Å². The summed E-state index contributed by atoms with van der Waals surface area (Å²) in [5.74, 6) is 0.362. The molecule has 2 aromatic rings. The number of carboxylic acids is 1. The van der Waals surface area contributed by atoms with Gasteiger partial charge in [-0.1, -0.05) is 12.1 Å². The van der Waals surface area contributed by atoms with Crippen molar-refractivity contribution in [1.29, 1.82) is 0 Å². The van der Waals surface area contributed by atoms with Gasteiger partial charge in [0.15, 0.2) is 0 Å². The first-order chi connectivity index (χ1) is 11.6. The highest BCUT2D eigenvalue weighted by Crippen LogP contribution is 2.41. The van der Waals surface area contributed by atoms with E-state index in [1.54, 1.807) is 14.2 Å². The number of carbonyl (C=O) groups is 1. The van der Waals surface area contributed by atoms with Crippen LogP contribution in [0, 0.1) is 5.92 Å². The molecule has 3 rings (SSSR count). The molecule has 0 spiro atoms. The van der Waals surface area contributed by atoms with Crippen LogP contribution in [-0.4, -0.2) is 31.8 Å². The fraction of sp³-hybridized carbons (Fsp3) is 0.316. The van der Waals surface area contributed by atoms with E-state index in [2.05, 4.69) is 4.90 Å². The fourth-order valence-electron chi connectivity index (χ4n) is 3.33. The maximum atomic E-state index is 11.7. The summed E-state index contributed by atoms with van der Waals surface area (Å²) in [7, 11) is 3.25. The molecule has 5 nitrogen and oxygen atoms in total. The van der Waals surface area contributed by atoms with E-state index in [0.717, 1.165) is 22.7 Å². The van der Waals surface area contributed by atoms with Crippen molar-refractivity contribution in [1.82, 2.24) is 0 Å². The van der Waals surface area contributed by atoms with Crippen molar-refractivity contribution in [3.8, 4) is 11.5 Å². The Hall–Kier alpha value is -2.69. The molecule has 2 unspecified atom stereocenters. The van der Waals surface area contributed by atoms with Crippen LogP contribution in [0.15, 0.2) is 48.5 Å². The zero-order chi connectivity index (χ0) is 17.1. The Labute approximate surface area is 141 Å². The van der Waals surface area contributed by atoms with Crippen LogP contribution in [0.5, 0.6) is 11.5 Å². The van der Waals surface area contributed by atoms with Crippen molar-refractivity contribution < 1.29 is 19.4 Å². The number of carboxylic acid groups (broad SMARTS) is 1. The average molecular weight is 327 g/mol. The van der Waals surface area contributed by atoms with Gasteiger partial charge in [0.1, 0.15) is 11.5 Å². The second kappa shape index (κ2) is 6.83. The molecule has 1 aliphatic rings. The van der Waals surface area contributed by atoms with Crippen molar-refractivity contribution in [2.75, 3.05) is 25.7 Å². The van der Waals surface area contributed by atoms with Gasteiger partial charge in [-0.3, -0.25) is 4.79 Å². The molecule has 2 aromatic carbocycles. The van der Waals surface area contributed by atoms with Crippen LogP contribution in [0.4, 0.5) is 5.69 Å². The Kier molecular flexibility index (Phi) is 4.60. The second-order valence-corrected chi connectivity index (χ2v) is 5.84. The summed E-state index contributed by atoms with van der Waals surface area (Å²) in [6.45, 7) is 0.708. The van der Waals surface area contributed by atoms with Gasteiger partial charge in [-0.25, -0.2) is 0 Å². The van der Waals surface area contributed by atoms with Gasteiger partial charge in [0.2, 0.25) is 0 Å². The number of aliphatic carboxylic acids is 1. The number of hydrogen-bond acceptors (Lipinski definition) is 4. The first-order valence-electron chi connectivity index (χ1n) is 7.91. The van der Waals surface area contributed by atoms with Gasteiger partial charge in [0.25, 0.3) is 0 Å². The smallest absolute Gasteiger partial charge is 0.309 e. The zero-order valence-electron chi connectivity index (χ0n) is 13.8. The van der Waals surface area contributed by atoms with Crippen LogP contribution in [0.1, 0.15) is 18.0 Å². The van der Waals surface area contributed by atoms with E-state index in [9.17, 15) is 9.90 Å². The van der Waals surface area contributed by atoms with Crippen LogP contribution in [-0.2, 0) is 4.79 Å². The fourth-order valence-corrected chi connectivity index (χ4v) is 3.33. The SMILES string of the molecule is COc1ccc(C2C(C(=O)O)CCN2c2ccc(OC)cc2)cc1. The van der Waals surface area contributed by atoms with Crippen molar-refractivity contribution in [2.24, 2.45) is 5.92 Å². The number of nitrogens with zero attached hydrogens (tertiary/aromatic N) is 1. The number of hydrogen-bond donors (Lipinski definition) is 1. The van der Waals surface area contributed by atoms with Gasteiger partial charge in [0, 0.05) is 12.2 Å². The van der Waals surface area contributed by atoms with E-state index in [4.69, 9.17) is 9.47 Å². The largest absolute Gasteiger partial charge is 0.497 e. The van der Waals surface area contributed by atoms with Gasteiger partial charge in [-0.15, -0.1) is 0 Å². The number of benzene rings is 2. The standard InChI is InChI=1S/C19H21NO4/c1-23-15-7-3-13(4-8-15)18-17(19(21)22)11-12-20(18)14-5-9-16(24-2)10-6-14/h3-10,17-18H,11-12H2,1-2H3,(H,21,22). The van der Waals surface area contributed by atoms with Crippen molar-refractivity contribution in [3.63, 3.8) is 0 Å². The predicted octanol–water partition coefficient (Wildman–Crippen LogP) is 3.36. The van der Waals surface area contributed by atoms with Gasteiger partial charge in [0.05, 0.1) is 26.2 Å². The Balaban J connectivity index is 1.95. The summed E-state index contributed by atoms with van der Waals surface area (Å²) < 4.78 is 10.4. The molecule has 0 amide bonds. The minimum atomic E-state index is -0.758. The minimum Gasteiger partial charge on any atom is -0.497 e. The Morgan fingerprint density at radius 1 is 1.00 bits per heavy atom. The molecule has 1 saturated heterocycles. The molecule has 0 radical (unpaired) electrons. The molecule has 1 aliphatic heterocycles. The maximum absolute atomic E-state index is 11.7. The summed E-state index contributed by atoms with van der Waals surface area (Å²) >= 11 is 0. The summed E-state index contributed by atoms with van der Waals surface area (Å²) in [5.41, 5.74) is 1.98. The van der Waals surface area contributed by atoms with Gasteiger partial charge in [-0.2, -0.15) is 0 Å².